The standard InChI is InChI=1S/C18H24N2O4/c1-18(2,3)19(17(22)23)14(11-8-9-11)10-15-16(21)12-6-4-5-7-13(12)20(15)24/h4-7,11,14-15,24H,8-10H2,1-3H3,(H,22,23). The van der Waals surface area contributed by atoms with Crippen LogP contribution >= 0.6 is 0 Å². The summed E-state index contributed by atoms with van der Waals surface area (Å²) < 4.78 is 0. The van der Waals surface area contributed by atoms with Gasteiger partial charge >= 0.3 is 6.09 Å². The van der Waals surface area contributed by atoms with E-state index in [2.05, 4.69) is 0 Å². The number of hydrogen-bond acceptors (Lipinski definition) is 4. The number of carbonyl (C=O) groups is 2. The molecule has 1 fully saturated rings. The van der Waals surface area contributed by atoms with E-state index >= 15 is 0 Å². The molecule has 0 radical (unpaired) electrons. The normalized spacial score (nSPS) is 21.6. The number of Topliss-reactive ketones (excluding diaryl/α,β-unsaturated/α-hetero) is 1. The highest BCUT2D eigenvalue weighted by Crippen LogP contribution is 2.42. The lowest BCUT2D eigenvalue weighted by molar-refractivity contribution is 0.0503. The number of hydroxylamine groups is 1. The Balaban J connectivity index is 1.88. The lowest BCUT2D eigenvalue weighted by atomic mass is 9.94. The van der Waals surface area contributed by atoms with Gasteiger partial charge in [-0.1, -0.05) is 12.1 Å². The highest BCUT2D eigenvalue weighted by Gasteiger charge is 2.47. The van der Waals surface area contributed by atoms with Crippen LogP contribution in [-0.2, 0) is 0 Å². The molecule has 1 aliphatic heterocycles. The van der Waals surface area contributed by atoms with Gasteiger partial charge in [0.2, 0.25) is 0 Å². The number of amides is 1. The zero-order chi connectivity index (χ0) is 17.6. The maximum Gasteiger partial charge on any atom is 0.407 e. The van der Waals surface area contributed by atoms with Gasteiger partial charge in [-0.25, -0.2) is 9.86 Å². The lowest BCUT2D eigenvalue weighted by Gasteiger charge is -2.41. The summed E-state index contributed by atoms with van der Waals surface area (Å²) >= 11 is 0. The molecular formula is C18H24N2O4. The molecule has 3 rings (SSSR count). The molecule has 1 aromatic rings. The van der Waals surface area contributed by atoms with Crippen LogP contribution in [0.15, 0.2) is 24.3 Å². The van der Waals surface area contributed by atoms with E-state index in [1.165, 1.54) is 4.90 Å². The molecule has 0 saturated heterocycles. The molecule has 6 heteroatoms. The van der Waals surface area contributed by atoms with E-state index in [1.807, 2.05) is 20.8 Å². The van der Waals surface area contributed by atoms with Crippen molar-refractivity contribution >= 4 is 17.6 Å². The first-order valence-electron chi connectivity index (χ1n) is 8.35. The Hall–Kier alpha value is -2.08. The van der Waals surface area contributed by atoms with E-state index in [-0.39, 0.29) is 17.7 Å². The molecule has 1 amide bonds. The third kappa shape index (κ3) is 2.86. The van der Waals surface area contributed by atoms with Crippen LogP contribution in [0.25, 0.3) is 0 Å². The predicted octanol–water partition coefficient (Wildman–Crippen LogP) is 3.39. The van der Waals surface area contributed by atoms with Gasteiger partial charge in [0.05, 0.1) is 5.69 Å². The summed E-state index contributed by atoms with van der Waals surface area (Å²) in [5.74, 6) is 0.114. The Morgan fingerprint density at radius 3 is 2.46 bits per heavy atom. The first-order chi connectivity index (χ1) is 11.2. The topological polar surface area (TPSA) is 81.1 Å². The molecular weight excluding hydrogens is 308 g/mol. The zero-order valence-electron chi connectivity index (χ0n) is 14.3. The quantitative estimate of drug-likeness (QED) is 0.883. The molecule has 1 aromatic carbocycles. The van der Waals surface area contributed by atoms with Crippen LogP contribution in [0.3, 0.4) is 0 Å². The van der Waals surface area contributed by atoms with Gasteiger partial charge in [0.25, 0.3) is 0 Å². The summed E-state index contributed by atoms with van der Waals surface area (Å²) in [6.07, 6.45) is 1.25. The zero-order valence-corrected chi connectivity index (χ0v) is 14.3. The first-order valence-corrected chi connectivity index (χ1v) is 8.35. The van der Waals surface area contributed by atoms with Gasteiger partial charge < -0.3 is 10.0 Å². The monoisotopic (exact) mass is 332 g/mol. The van der Waals surface area contributed by atoms with Crippen LogP contribution in [0.5, 0.6) is 0 Å². The fourth-order valence-electron chi connectivity index (χ4n) is 3.69. The van der Waals surface area contributed by atoms with Crippen molar-refractivity contribution in [3.8, 4) is 0 Å². The van der Waals surface area contributed by atoms with Crippen LogP contribution in [0, 0.1) is 5.92 Å². The van der Waals surface area contributed by atoms with Crippen molar-refractivity contribution in [2.75, 3.05) is 5.06 Å². The minimum atomic E-state index is -0.980. The summed E-state index contributed by atoms with van der Waals surface area (Å²) in [5, 5.41) is 21.1. The maximum absolute atomic E-state index is 12.7. The van der Waals surface area contributed by atoms with Crippen molar-refractivity contribution < 1.29 is 19.9 Å². The number of ketones is 1. The maximum atomic E-state index is 12.7. The van der Waals surface area contributed by atoms with Gasteiger partial charge in [-0.15, -0.1) is 0 Å². The number of carbonyl (C=O) groups excluding carboxylic acids is 1. The van der Waals surface area contributed by atoms with Gasteiger partial charge in [-0.2, -0.15) is 0 Å². The largest absolute Gasteiger partial charge is 0.465 e. The highest BCUT2D eigenvalue weighted by molar-refractivity contribution is 6.10. The van der Waals surface area contributed by atoms with E-state index in [0.717, 1.165) is 17.9 Å². The number of para-hydroxylation sites is 1. The fourth-order valence-corrected chi connectivity index (χ4v) is 3.69. The second-order valence-electron chi connectivity index (χ2n) is 7.71. The summed E-state index contributed by atoms with van der Waals surface area (Å²) in [5.41, 5.74) is 0.435. The Bertz CT molecular complexity index is 663. The minimum absolute atomic E-state index is 0.141. The molecule has 2 N–H and O–H groups in total. The minimum Gasteiger partial charge on any atom is -0.465 e. The third-order valence-corrected chi connectivity index (χ3v) is 4.91. The molecule has 1 saturated carbocycles. The van der Waals surface area contributed by atoms with E-state index in [9.17, 15) is 19.9 Å². The second kappa shape index (κ2) is 5.77. The molecule has 2 atom stereocenters. The van der Waals surface area contributed by atoms with Crippen LogP contribution in [0.2, 0.25) is 0 Å². The molecule has 6 nitrogen and oxygen atoms in total. The number of fused-ring (bicyclic) bond motifs is 1. The van der Waals surface area contributed by atoms with Gasteiger partial charge in [0.15, 0.2) is 5.78 Å². The average Bonchev–Trinajstić information content (AvgIpc) is 3.29. The summed E-state index contributed by atoms with van der Waals surface area (Å²) in [7, 11) is 0. The van der Waals surface area contributed by atoms with Crippen molar-refractivity contribution in [3.63, 3.8) is 0 Å². The van der Waals surface area contributed by atoms with Crippen molar-refractivity contribution in [1.82, 2.24) is 4.90 Å². The van der Waals surface area contributed by atoms with Gasteiger partial charge in [0.1, 0.15) is 6.04 Å². The van der Waals surface area contributed by atoms with Gasteiger partial charge in [0, 0.05) is 17.1 Å². The van der Waals surface area contributed by atoms with Gasteiger partial charge in [-0.05, 0) is 58.1 Å². The number of rotatable bonds is 4. The average molecular weight is 332 g/mol. The molecule has 1 heterocycles. The number of benzene rings is 1. The Labute approximate surface area is 141 Å². The van der Waals surface area contributed by atoms with E-state index in [0.29, 0.717) is 17.7 Å². The van der Waals surface area contributed by atoms with Crippen LogP contribution in [-0.4, -0.2) is 44.7 Å². The summed E-state index contributed by atoms with van der Waals surface area (Å²) in [6.45, 7) is 5.58. The van der Waals surface area contributed by atoms with E-state index < -0.39 is 17.7 Å². The number of carboxylic acid groups (broad SMARTS) is 1. The number of anilines is 1. The van der Waals surface area contributed by atoms with Gasteiger partial charge in [-0.3, -0.25) is 10.0 Å². The van der Waals surface area contributed by atoms with Crippen LogP contribution in [0.1, 0.15) is 50.4 Å². The number of hydrogen-bond donors (Lipinski definition) is 2. The van der Waals surface area contributed by atoms with Crippen molar-refractivity contribution in [2.45, 2.75) is 57.7 Å². The predicted molar refractivity (Wildman–Crippen MR) is 89.6 cm³/mol. The molecule has 24 heavy (non-hydrogen) atoms. The van der Waals surface area contributed by atoms with E-state index in [1.54, 1.807) is 24.3 Å². The highest BCUT2D eigenvalue weighted by atomic mass is 16.5. The van der Waals surface area contributed by atoms with Crippen LogP contribution < -0.4 is 5.06 Å². The Morgan fingerprint density at radius 1 is 1.33 bits per heavy atom. The smallest absolute Gasteiger partial charge is 0.407 e. The lowest BCUT2D eigenvalue weighted by Crippen LogP contribution is -2.54. The Kier molecular flexibility index (Phi) is 4.03. The van der Waals surface area contributed by atoms with E-state index in [4.69, 9.17) is 0 Å². The molecule has 1 aliphatic carbocycles. The van der Waals surface area contributed by atoms with Crippen LogP contribution in [0.4, 0.5) is 10.5 Å². The molecule has 0 spiro atoms. The van der Waals surface area contributed by atoms with Crippen molar-refractivity contribution in [1.29, 1.82) is 0 Å². The number of nitrogens with zero attached hydrogens (tertiary/aromatic N) is 2. The third-order valence-electron chi connectivity index (χ3n) is 4.91. The summed E-state index contributed by atoms with van der Waals surface area (Å²) in [4.78, 5) is 26.0. The second-order valence-corrected chi connectivity index (χ2v) is 7.71. The molecule has 0 aromatic heterocycles. The molecule has 2 aliphatic rings. The molecule has 2 unspecified atom stereocenters. The van der Waals surface area contributed by atoms with Crippen molar-refractivity contribution in [2.24, 2.45) is 5.92 Å². The molecule has 0 bridgehead atoms. The summed E-state index contributed by atoms with van der Waals surface area (Å²) in [6, 6.07) is 5.94. The SMILES string of the molecule is CC(C)(C)N(C(=O)O)C(CC1C(=O)c2ccccc2N1O)C1CC1. The molecule has 130 valence electrons. The first kappa shape index (κ1) is 16.8. The Morgan fingerprint density at radius 2 is 1.96 bits per heavy atom. The fraction of sp³-hybridized carbons (Fsp3) is 0.556. The van der Waals surface area contributed by atoms with Crippen molar-refractivity contribution in [3.05, 3.63) is 29.8 Å².